The number of carbonyl (C=O) groups is 3. The minimum Gasteiger partial charge on any atom is -0.469 e. The van der Waals surface area contributed by atoms with E-state index in [1.165, 1.54) is 14.2 Å². The van der Waals surface area contributed by atoms with E-state index in [1.807, 2.05) is 0 Å². The van der Waals surface area contributed by atoms with Crippen molar-refractivity contribution in [3.05, 3.63) is 0 Å². The fourth-order valence-corrected chi connectivity index (χ4v) is 8.37. The molecule has 0 spiro atoms. The number of hydrogen-bond acceptors (Lipinski definition) is 7. The zero-order valence-electron chi connectivity index (χ0n) is 20.5. The molecule has 0 aromatic rings. The SMILES string of the molecule is COC(=O)CCC(=O)O[C@@H]1CC[C@@]2(C)[C@@H](C1)C[C@@H](O)[C@@H]1[C@@H]2CC[C@]2(C)[C@@H](C(=O)OC)CC[C@@H]12. The number of fused-ring (bicyclic) bond motifs is 5. The van der Waals surface area contributed by atoms with E-state index in [9.17, 15) is 19.5 Å². The molecule has 9 atom stereocenters. The van der Waals surface area contributed by atoms with Gasteiger partial charge in [-0.25, -0.2) is 0 Å². The lowest BCUT2D eigenvalue weighted by atomic mass is 9.44. The fourth-order valence-electron chi connectivity index (χ4n) is 8.37. The highest BCUT2D eigenvalue weighted by Crippen LogP contribution is 2.67. The number of rotatable bonds is 5. The molecule has 0 heterocycles. The average molecular weight is 465 g/mol. The van der Waals surface area contributed by atoms with Crippen LogP contribution < -0.4 is 0 Å². The maximum atomic E-state index is 12.5. The summed E-state index contributed by atoms with van der Waals surface area (Å²) in [5.41, 5.74) is 0.0221. The first-order valence-corrected chi connectivity index (χ1v) is 12.7. The monoisotopic (exact) mass is 464 g/mol. The normalized spacial score (nSPS) is 44.1. The van der Waals surface area contributed by atoms with E-state index in [0.29, 0.717) is 17.8 Å². The Hall–Kier alpha value is -1.63. The predicted octanol–water partition coefficient (Wildman–Crippen LogP) is 3.65. The van der Waals surface area contributed by atoms with Crippen LogP contribution in [-0.4, -0.2) is 49.4 Å². The smallest absolute Gasteiger partial charge is 0.309 e. The first kappa shape index (κ1) is 24.5. The molecule has 186 valence electrons. The van der Waals surface area contributed by atoms with E-state index >= 15 is 0 Å². The van der Waals surface area contributed by atoms with E-state index in [4.69, 9.17) is 9.47 Å². The van der Waals surface area contributed by atoms with E-state index in [2.05, 4.69) is 18.6 Å². The lowest BCUT2D eigenvalue weighted by molar-refractivity contribution is -0.185. The van der Waals surface area contributed by atoms with Gasteiger partial charge >= 0.3 is 17.9 Å². The highest BCUT2D eigenvalue weighted by atomic mass is 16.5. The van der Waals surface area contributed by atoms with Gasteiger partial charge in [-0.2, -0.15) is 0 Å². The average Bonchev–Trinajstić information content (AvgIpc) is 3.15. The third kappa shape index (κ3) is 4.19. The molecule has 0 aromatic heterocycles. The van der Waals surface area contributed by atoms with Crippen molar-refractivity contribution in [2.24, 2.45) is 40.4 Å². The Bertz CT molecular complexity index is 781. The highest BCUT2D eigenvalue weighted by Gasteiger charge is 2.63. The van der Waals surface area contributed by atoms with Gasteiger partial charge in [-0.05, 0) is 85.9 Å². The van der Waals surface area contributed by atoms with E-state index < -0.39 is 5.97 Å². The molecular weight excluding hydrogens is 424 g/mol. The summed E-state index contributed by atoms with van der Waals surface area (Å²) in [7, 11) is 2.79. The van der Waals surface area contributed by atoms with Crippen LogP contribution in [0.3, 0.4) is 0 Å². The Balaban J connectivity index is 1.44. The van der Waals surface area contributed by atoms with Crippen molar-refractivity contribution in [3.63, 3.8) is 0 Å². The second-order valence-electron chi connectivity index (χ2n) is 11.5. The molecule has 4 fully saturated rings. The molecule has 0 amide bonds. The van der Waals surface area contributed by atoms with Crippen LogP contribution in [0.1, 0.15) is 78.1 Å². The Kier molecular flexibility index (Phi) is 6.83. The third-order valence-electron chi connectivity index (χ3n) is 10.2. The first-order valence-electron chi connectivity index (χ1n) is 12.7. The topological polar surface area (TPSA) is 99.1 Å². The molecule has 0 aliphatic heterocycles. The molecule has 4 rings (SSSR count). The van der Waals surface area contributed by atoms with Gasteiger partial charge in [-0.15, -0.1) is 0 Å². The Morgan fingerprint density at radius 1 is 0.848 bits per heavy atom. The summed E-state index contributed by atoms with van der Waals surface area (Å²) in [5.74, 6) is 0.390. The summed E-state index contributed by atoms with van der Waals surface area (Å²) >= 11 is 0. The van der Waals surface area contributed by atoms with Crippen LogP contribution in [0.5, 0.6) is 0 Å². The zero-order valence-corrected chi connectivity index (χ0v) is 20.5. The largest absolute Gasteiger partial charge is 0.469 e. The van der Waals surface area contributed by atoms with Gasteiger partial charge in [0.1, 0.15) is 6.10 Å². The molecule has 4 saturated carbocycles. The van der Waals surface area contributed by atoms with Crippen molar-refractivity contribution in [2.45, 2.75) is 90.3 Å². The van der Waals surface area contributed by atoms with Gasteiger partial charge in [0.05, 0.1) is 39.1 Å². The first-order chi connectivity index (χ1) is 15.6. The molecule has 0 unspecified atom stereocenters. The van der Waals surface area contributed by atoms with Crippen LogP contribution in [0.25, 0.3) is 0 Å². The maximum absolute atomic E-state index is 12.5. The summed E-state index contributed by atoms with van der Waals surface area (Å²) in [5, 5.41) is 11.4. The number of aliphatic hydroxyl groups excluding tert-OH is 1. The van der Waals surface area contributed by atoms with E-state index in [0.717, 1.165) is 51.4 Å². The van der Waals surface area contributed by atoms with Gasteiger partial charge in [0, 0.05) is 0 Å². The highest BCUT2D eigenvalue weighted by molar-refractivity contribution is 5.77. The summed E-state index contributed by atoms with van der Waals surface area (Å²) in [4.78, 5) is 36.0. The maximum Gasteiger partial charge on any atom is 0.309 e. The van der Waals surface area contributed by atoms with E-state index in [1.54, 1.807) is 0 Å². The van der Waals surface area contributed by atoms with Gasteiger partial charge in [-0.1, -0.05) is 13.8 Å². The summed E-state index contributed by atoms with van der Waals surface area (Å²) in [6, 6.07) is 0. The molecule has 33 heavy (non-hydrogen) atoms. The molecule has 1 N–H and O–H groups in total. The Morgan fingerprint density at radius 3 is 2.21 bits per heavy atom. The van der Waals surface area contributed by atoms with Gasteiger partial charge in [0.25, 0.3) is 0 Å². The number of methoxy groups -OCH3 is 2. The number of aliphatic hydroxyl groups is 1. The summed E-state index contributed by atoms with van der Waals surface area (Å²) in [6.07, 6.45) is 6.70. The minimum atomic E-state index is -0.407. The third-order valence-corrected chi connectivity index (χ3v) is 10.2. The molecule has 0 saturated heterocycles. The Morgan fingerprint density at radius 2 is 1.52 bits per heavy atom. The van der Waals surface area contributed by atoms with Crippen molar-refractivity contribution >= 4 is 17.9 Å². The van der Waals surface area contributed by atoms with Crippen LogP contribution in [-0.2, 0) is 28.6 Å². The van der Waals surface area contributed by atoms with E-state index in [-0.39, 0.29) is 59.7 Å². The van der Waals surface area contributed by atoms with Crippen molar-refractivity contribution in [3.8, 4) is 0 Å². The lowest BCUT2D eigenvalue weighted by Crippen LogP contribution is -2.59. The predicted molar refractivity (Wildman–Crippen MR) is 120 cm³/mol. The molecule has 0 radical (unpaired) electrons. The van der Waals surface area contributed by atoms with Crippen molar-refractivity contribution in [2.75, 3.05) is 14.2 Å². The summed E-state index contributed by atoms with van der Waals surface area (Å²) in [6.45, 7) is 4.63. The zero-order chi connectivity index (χ0) is 24.0. The van der Waals surface area contributed by atoms with Gasteiger partial charge in [-0.3, -0.25) is 14.4 Å². The van der Waals surface area contributed by atoms with Crippen LogP contribution in [0.4, 0.5) is 0 Å². The van der Waals surface area contributed by atoms with Crippen molar-refractivity contribution in [1.29, 1.82) is 0 Å². The number of hydrogen-bond donors (Lipinski definition) is 1. The summed E-state index contributed by atoms with van der Waals surface area (Å²) < 4.78 is 15.4. The molecule has 4 aliphatic carbocycles. The molecule has 0 aromatic carbocycles. The quantitative estimate of drug-likeness (QED) is 0.490. The standard InChI is InChI=1S/C26H40O7/c1-25-11-9-16(33-22(29)8-7-21(28)31-3)13-15(25)14-20(27)23-17-5-6-19(24(30)32-4)26(17,2)12-10-18(23)25/h15-20,23,27H,5-14H2,1-4H3/t15-,16+,17-,18-,19+,20+,23-,25-,26-/m0/s1. The van der Waals surface area contributed by atoms with Gasteiger partial charge < -0.3 is 19.3 Å². The molecule has 7 nitrogen and oxygen atoms in total. The van der Waals surface area contributed by atoms with Gasteiger partial charge in [0.15, 0.2) is 0 Å². The molecule has 7 heteroatoms. The fraction of sp³-hybridized carbons (Fsp3) is 0.885. The molecule has 4 aliphatic rings. The molecule has 0 bridgehead atoms. The second-order valence-corrected chi connectivity index (χ2v) is 11.5. The lowest BCUT2D eigenvalue weighted by Gasteiger charge is -2.62. The number of carbonyl (C=O) groups excluding carboxylic acids is 3. The number of esters is 3. The molecular formula is C26H40O7. The van der Waals surface area contributed by atoms with Crippen molar-refractivity contribution in [1.82, 2.24) is 0 Å². The number of ether oxygens (including phenoxy) is 3. The van der Waals surface area contributed by atoms with Crippen LogP contribution in [0.15, 0.2) is 0 Å². The van der Waals surface area contributed by atoms with Gasteiger partial charge in [0.2, 0.25) is 0 Å². The Labute approximate surface area is 196 Å². The van der Waals surface area contributed by atoms with Crippen molar-refractivity contribution < 1.29 is 33.7 Å². The van der Waals surface area contributed by atoms with Crippen LogP contribution in [0, 0.1) is 40.4 Å². The van der Waals surface area contributed by atoms with Crippen LogP contribution in [0.2, 0.25) is 0 Å². The second kappa shape index (κ2) is 9.20. The minimum absolute atomic E-state index is 0.0401. The van der Waals surface area contributed by atoms with Crippen LogP contribution >= 0.6 is 0 Å².